The molecule has 1 atom stereocenters. The Kier molecular flexibility index (Phi) is 4.02. The van der Waals surface area contributed by atoms with Crippen LogP contribution in [0, 0.1) is 0 Å². The maximum absolute atomic E-state index is 12.0. The van der Waals surface area contributed by atoms with Crippen molar-refractivity contribution in [3.8, 4) is 0 Å². The Hall–Kier alpha value is -0.940. The standard InChI is InChI=1S/C13H22N2O3/c1-3-7-15-11(16)8-10(12(15)17)14-9-13(18-2)5-4-6-13/h10,14H,3-9H2,1-2H3. The van der Waals surface area contributed by atoms with Gasteiger partial charge in [-0.05, 0) is 25.7 Å². The zero-order valence-electron chi connectivity index (χ0n) is 11.2. The fourth-order valence-electron chi connectivity index (χ4n) is 2.63. The van der Waals surface area contributed by atoms with E-state index in [2.05, 4.69) is 5.32 Å². The van der Waals surface area contributed by atoms with Crippen molar-refractivity contribution in [1.29, 1.82) is 0 Å². The number of nitrogens with one attached hydrogen (secondary N) is 1. The number of ether oxygens (including phenoxy) is 1. The van der Waals surface area contributed by atoms with E-state index in [1.54, 1.807) is 7.11 Å². The molecule has 1 aliphatic carbocycles. The molecule has 1 heterocycles. The Labute approximate surface area is 108 Å². The fraction of sp³-hybridized carbons (Fsp3) is 0.846. The molecule has 18 heavy (non-hydrogen) atoms. The van der Waals surface area contributed by atoms with Gasteiger partial charge in [-0.1, -0.05) is 6.92 Å². The fourth-order valence-corrected chi connectivity index (χ4v) is 2.63. The van der Waals surface area contributed by atoms with Gasteiger partial charge in [-0.3, -0.25) is 14.5 Å². The summed E-state index contributed by atoms with van der Waals surface area (Å²) in [6.07, 6.45) is 4.34. The predicted octanol–water partition coefficient (Wildman–Crippen LogP) is 0.683. The van der Waals surface area contributed by atoms with E-state index in [9.17, 15) is 9.59 Å². The number of methoxy groups -OCH3 is 1. The van der Waals surface area contributed by atoms with E-state index >= 15 is 0 Å². The summed E-state index contributed by atoms with van der Waals surface area (Å²) in [7, 11) is 1.71. The van der Waals surface area contributed by atoms with Crippen molar-refractivity contribution in [3.63, 3.8) is 0 Å². The SMILES string of the molecule is CCCN1C(=O)CC(NCC2(OC)CCC2)C1=O. The van der Waals surface area contributed by atoms with Crippen molar-refractivity contribution in [2.75, 3.05) is 20.2 Å². The van der Waals surface area contributed by atoms with Gasteiger partial charge >= 0.3 is 0 Å². The second-order valence-electron chi connectivity index (χ2n) is 5.26. The quantitative estimate of drug-likeness (QED) is 0.708. The van der Waals surface area contributed by atoms with Gasteiger partial charge in [0, 0.05) is 20.2 Å². The van der Waals surface area contributed by atoms with Crippen LogP contribution in [0.1, 0.15) is 39.0 Å². The van der Waals surface area contributed by atoms with Gasteiger partial charge < -0.3 is 10.1 Å². The molecule has 102 valence electrons. The van der Waals surface area contributed by atoms with E-state index in [0.717, 1.165) is 19.3 Å². The van der Waals surface area contributed by atoms with Gasteiger partial charge in [-0.25, -0.2) is 0 Å². The summed E-state index contributed by atoms with van der Waals surface area (Å²) in [6, 6.07) is -0.350. The molecule has 1 N–H and O–H groups in total. The summed E-state index contributed by atoms with van der Waals surface area (Å²) in [5, 5.41) is 3.21. The van der Waals surface area contributed by atoms with Gasteiger partial charge in [0.25, 0.3) is 0 Å². The lowest BCUT2D eigenvalue weighted by Crippen LogP contribution is -2.51. The average molecular weight is 254 g/mol. The molecule has 0 bridgehead atoms. The third-order valence-corrected chi connectivity index (χ3v) is 4.06. The minimum Gasteiger partial charge on any atom is -0.377 e. The number of rotatable bonds is 6. The highest BCUT2D eigenvalue weighted by Gasteiger charge is 2.41. The number of nitrogens with zero attached hydrogens (tertiary/aromatic N) is 1. The second-order valence-corrected chi connectivity index (χ2v) is 5.26. The van der Waals surface area contributed by atoms with Gasteiger partial charge in [0.1, 0.15) is 0 Å². The summed E-state index contributed by atoms with van der Waals surface area (Å²) >= 11 is 0. The molecule has 0 aromatic carbocycles. The van der Waals surface area contributed by atoms with Crippen LogP contribution < -0.4 is 5.32 Å². The molecule has 0 radical (unpaired) electrons. The monoisotopic (exact) mass is 254 g/mol. The highest BCUT2D eigenvalue weighted by Crippen LogP contribution is 2.34. The van der Waals surface area contributed by atoms with Crippen molar-refractivity contribution >= 4 is 11.8 Å². The van der Waals surface area contributed by atoms with Crippen LogP contribution in [0.4, 0.5) is 0 Å². The molecule has 5 heteroatoms. The van der Waals surface area contributed by atoms with Crippen LogP contribution in [0.2, 0.25) is 0 Å². The zero-order chi connectivity index (χ0) is 13.2. The van der Waals surface area contributed by atoms with E-state index < -0.39 is 0 Å². The lowest BCUT2D eigenvalue weighted by atomic mass is 9.80. The number of likely N-dealkylation sites (tertiary alicyclic amines) is 1. The van der Waals surface area contributed by atoms with E-state index in [4.69, 9.17) is 4.74 Å². The number of carbonyl (C=O) groups is 2. The van der Waals surface area contributed by atoms with E-state index in [1.807, 2.05) is 6.92 Å². The number of carbonyl (C=O) groups excluding carboxylic acids is 2. The number of imide groups is 1. The van der Waals surface area contributed by atoms with Gasteiger partial charge in [0.2, 0.25) is 11.8 Å². The van der Waals surface area contributed by atoms with Gasteiger partial charge in [0.05, 0.1) is 18.1 Å². The van der Waals surface area contributed by atoms with Crippen LogP contribution in [0.3, 0.4) is 0 Å². The summed E-state index contributed by atoms with van der Waals surface area (Å²) in [6.45, 7) is 3.16. The first-order valence-corrected chi connectivity index (χ1v) is 6.74. The third kappa shape index (κ3) is 2.42. The van der Waals surface area contributed by atoms with Crippen LogP contribution in [0.25, 0.3) is 0 Å². The largest absolute Gasteiger partial charge is 0.377 e. The lowest BCUT2D eigenvalue weighted by molar-refractivity contribution is -0.139. The van der Waals surface area contributed by atoms with Crippen molar-refractivity contribution in [1.82, 2.24) is 10.2 Å². The summed E-state index contributed by atoms with van der Waals surface area (Å²) < 4.78 is 5.50. The topological polar surface area (TPSA) is 58.6 Å². The summed E-state index contributed by atoms with van der Waals surface area (Å²) in [5.74, 6) is -0.133. The molecule has 2 fully saturated rings. The maximum atomic E-state index is 12.0. The number of hydrogen-bond acceptors (Lipinski definition) is 4. The van der Waals surface area contributed by atoms with Crippen LogP contribution in [-0.2, 0) is 14.3 Å². The minimum absolute atomic E-state index is 0.0561. The highest BCUT2D eigenvalue weighted by atomic mass is 16.5. The molecule has 2 aliphatic rings. The van der Waals surface area contributed by atoms with Crippen LogP contribution >= 0.6 is 0 Å². The molecule has 5 nitrogen and oxygen atoms in total. The van der Waals surface area contributed by atoms with Gasteiger partial charge in [-0.15, -0.1) is 0 Å². The third-order valence-electron chi connectivity index (χ3n) is 4.06. The van der Waals surface area contributed by atoms with Crippen molar-refractivity contribution in [2.24, 2.45) is 0 Å². The highest BCUT2D eigenvalue weighted by molar-refractivity contribution is 6.05. The van der Waals surface area contributed by atoms with E-state index in [-0.39, 0.29) is 23.5 Å². The predicted molar refractivity (Wildman–Crippen MR) is 67.0 cm³/mol. The van der Waals surface area contributed by atoms with Crippen molar-refractivity contribution in [3.05, 3.63) is 0 Å². The number of amides is 2. The molecule has 0 aromatic heterocycles. The Morgan fingerprint density at radius 2 is 2.17 bits per heavy atom. The Bertz CT molecular complexity index is 334. The molecule has 0 aromatic rings. The number of hydrogen-bond donors (Lipinski definition) is 1. The van der Waals surface area contributed by atoms with Crippen LogP contribution in [0.5, 0.6) is 0 Å². The Balaban J connectivity index is 1.87. The smallest absolute Gasteiger partial charge is 0.246 e. The zero-order valence-corrected chi connectivity index (χ0v) is 11.2. The molecule has 1 saturated carbocycles. The molecule has 1 saturated heterocycles. The second kappa shape index (κ2) is 5.36. The van der Waals surface area contributed by atoms with Crippen LogP contribution in [-0.4, -0.2) is 48.6 Å². The Morgan fingerprint density at radius 1 is 1.44 bits per heavy atom. The molecular formula is C13H22N2O3. The van der Waals surface area contributed by atoms with Crippen molar-refractivity contribution < 1.29 is 14.3 Å². The normalized spacial score (nSPS) is 26.6. The minimum atomic E-state index is -0.350. The molecule has 2 rings (SSSR count). The average Bonchev–Trinajstić information content (AvgIpc) is 2.57. The maximum Gasteiger partial charge on any atom is 0.246 e. The molecule has 2 amide bonds. The molecule has 0 spiro atoms. The van der Waals surface area contributed by atoms with Crippen LogP contribution in [0.15, 0.2) is 0 Å². The van der Waals surface area contributed by atoms with Gasteiger partial charge in [0.15, 0.2) is 0 Å². The molecule has 1 aliphatic heterocycles. The summed E-state index contributed by atoms with van der Waals surface area (Å²) in [4.78, 5) is 25.1. The van der Waals surface area contributed by atoms with Crippen molar-refractivity contribution in [2.45, 2.75) is 50.7 Å². The Morgan fingerprint density at radius 3 is 2.67 bits per heavy atom. The van der Waals surface area contributed by atoms with Gasteiger partial charge in [-0.2, -0.15) is 0 Å². The molecular weight excluding hydrogens is 232 g/mol. The summed E-state index contributed by atoms with van der Waals surface area (Å²) in [5.41, 5.74) is -0.110. The first-order valence-electron chi connectivity index (χ1n) is 6.74. The van der Waals surface area contributed by atoms with E-state index in [0.29, 0.717) is 19.5 Å². The first-order chi connectivity index (χ1) is 8.62. The lowest BCUT2D eigenvalue weighted by Gasteiger charge is -2.41. The first kappa shape index (κ1) is 13.5. The molecule has 1 unspecified atom stereocenters. The van der Waals surface area contributed by atoms with E-state index in [1.165, 1.54) is 11.3 Å².